The molecule has 7 nitrogen and oxygen atoms in total. The number of rotatable bonds is 3. The zero-order chi connectivity index (χ0) is 15.8. The number of sulfone groups is 1. The SMILES string of the molecule is COc1ccc(N)cc1S(=O)(=O)N1CCS(=O)(=O)CC1C. The van der Waals surface area contributed by atoms with Crippen LogP contribution in [-0.4, -0.2) is 52.3 Å². The molecule has 1 atom stereocenters. The lowest BCUT2D eigenvalue weighted by Crippen LogP contribution is -2.49. The summed E-state index contributed by atoms with van der Waals surface area (Å²) in [6, 6.07) is 3.72. The third-order valence-corrected chi connectivity index (χ3v) is 7.21. The van der Waals surface area contributed by atoms with Gasteiger partial charge in [-0.3, -0.25) is 0 Å². The van der Waals surface area contributed by atoms with Gasteiger partial charge in [0.25, 0.3) is 0 Å². The Morgan fingerprint density at radius 2 is 2.05 bits per heavy atom. The summed E-state index contributed by atoms with van der Waals surface area (Å²) in [5.74, 6) is -0.178. The van der Waals surface area contributed by atoms with Gasteiger partial charge in [-0.15, -0.1) is 0 Å². The summed E-state index contributed by atoms with van der Waals surface area (Å²) < 4.78 is 54.9. The molecular weight excluding hydrogens is 316 g/mol. The second-order valence-electron chi connectivity index (χ2n) is 4.99. The van der Waals surface area contributed by atoms with E-state index in [0.717, 1.165) is 0 Å². The van der Waals surface area contributed by atoms with Gasteiger partial charge in [0.1, 0.15) is 10.6 Å². The Bertz CT molecular complexity index is 743. The molecule has 1 heterocycles. The first-order valence-corrected chi connectivity index (χ1v) is 9.59. The van der Waals surface area contributed by atoms with Gasteiger partial charge in [-0.2, -0.15) is 4.31 Å². The molecule has 1 aromatic carbocycles. The Balaban J connectivity index is 2.46. The topological polar surface area (TPSA) is 107 Å². The molecule has 0 aliphatic carbocycles. The van der Waals surface area contributed by atoms with Crippen molar-refractivity contribution in [3.63, 3.8) is 0 Å². The molecule has 2 N–H and O–H groups in total. The Kier molecular flexibility index (Phi) is 4.18. The van der Waals surface area contributed by atoms with E-state index in [2.05, 4.69) is 0 Å². The number of hydrogen-bond acceptors (Lipinski definition) is 6. The first kappa shape index (κ1) is 16.1. The Labute approximate surface area is 124 Å². The van der Waals surface area contributed by atoms with Crippen molar-refractivity contribution < 1.29 is 21.6 Å². The van der Waals surface area contributed by atoms with Crippen molar-refractivity contribution in [2.75, 3.05) is 30.9 Å². The van der Waals surface area contributed by atoms with E-state index in [1.165, 1.54) is 23.5 Å². The maximum Gasteiger partial charge on any atom is 0.247 e. The molecule has 0 amide bonds. The monoisotopic (exact) mass is 334 g/mol. The van der Waals surface area contributed by atoms with Crippen LogP contribution in [0.3, 0.4) is 0 Å². The van der Waals surface area contributed by atoms with Crippen molar-refractivity contribution in [3.8, 4) is 5.75 Å². The van der Waals surface area contributed by atoms with Gasteiger partial charge in [0.05, 0.1) is 18.6 Å². The largest absolute Gasteiger partial charge is 0.495 e. The Morgan fingerprint density at radius 3 is 2.62 bits per heavy atom. The van der Waals surface area contributed by atoms with Crippen LogP contribution in [0.1, 0.15) is 6.92 Å². The maximum absolute atomic E-state index is 12.7. The van der Waals surface area contributed by atoms with Gasteiger partial charge >= 0.3 is 0 Å². The molecule has 1 aromatic rings. The summed E-state index contributed by atoms with van der Waals surface area (Å²) in [5, 5.41) is 0. The van der Waals surface area contributed by atoms with Gasteiger partial charge in [0.15, 0.2) is 9.84 Å². The maximum atomic E-state index is 12.7. The molecule has 118 valence electrons. The number of benzene rings is 1. The van der Waals surface area contributed by atoms with Crippen LogP contribution in [0.4, 0.5) is 5.69 Å². The second-order valence-corrected chi connectivity index (χ2v) is 9.08. The number of ether oxygens (including phenoxy) is 1. The average Bonchev–Trinajstić information content (AvgIpc) is 2.37. The van der Waals surface area contributed by atoms with Gasteiger partial charge < -0.3 is 10.5 Å². The van der Waals surface area contributed by atoms with E-state index in [-0.39, 0.29) is 28.7 Å². The number of anilines is 1. The van der Waals surface area contributed by atoms with Crippen LogP contribution >= 0.6 is 0 Å². The van der Waals surface area contributed by atoms with Crippen LogP contribution in [0, 0.1) is 0 Å². The standard InChI is InChI=1S/C12H18N2O5S2/c1-9-8-20(15,16)6-5-14(9)21(17,18)12-7-10(13)3-4-11(12)19-2/h3-4,7,9H,5-6,8,13H2,1-2H3. The highest BCUT2D eigenvalue weighted by molar-refractivity contribution is 7.92. The second kappa shape index (κ2) is 5.47. The summed E-state index contributed by atoms with van der Waals surface area (Å²) in [7, 11) is -5.69. The molecule has 0 spiro atoms. The third kappa shape index (κ3) is 3.14. The average molecular weight is 334 g/mol. The van der Waals surface area contributed by atoms with E-state index >= 15 is 0 Å². The highest BCUT2D eigenvalue weighted by Gasteiger charge is 2.37. The lowest BCUT2D eigenvalue weighted by molar-refractivity contribution is 0.351. The van der Waals surface area contributed by atoms with Crippen LogP contribution in [0.15, 0.2) is 23.1 Å². The van der Waals surface area contributed by atoms with Crippen molar-refractivity contribution in [1.29, 1.82) is 0 Å². The van der Waals surface area contributed by atoms with Crippen molar-refractivity contribution in [1.82, 2.24) is 4.31 Å². The molecule has 0 radical (unpaired) electrons. The van der Waals surface area contributed by atoms with Gasteiger partial charge in [-0.1, -0.05) is 0 Å². The molecule has 1 aliphatic rings. The molecule has 0 aromatic heterocycles. The molecule has 21 heavy (non-hydrogen) atoms. The fourth-order valence-corrected chi connectivity index (χ4v) is 5.95. The normalized spacial score (nSPS) is 22.9. The minimum atomic E-state index is -3.86. The van der Waals surface area contributed by atoms with Crippen molar-refractivity contribution in [2.24, 2.45) is 0 Å². The molecule has 1 fully saturated rings. The molecule has 1 aliphatic heterocycles. The third-order valence-electron chi connectivity index (χ3n) is 3.38. The number of hydrogen-bond donors (Lipinski definition) is 1. The number of nitrogen functional groups attached to an aromatic ring is 1. The number of methoxy groups -OCH3 is 1. The van der Waals surface area contributed by atoms with Crippen LogP contribution in [0.25, 0.3) is 0 Å². The Morgan fingerprint density at radius 1 is 1.38 bits per heavy atom. The van der Waals surface area contributed by atoms with E-state index in [0.29, 0.717) is 5.69 Å². The predicted molar refractivity (Wildman–Crippen MR) is 79.4 cm³/mol. The minimum Gasteiger partial charge on any atom is -0.495 e. The highest BCUT2D eigenvalue weighted by atomic mass is 32.2. The minimum absolute atomic E-state index is 0.0452. The number of nitrogens with zero attached hydrogens (tertiary/aromatic N) is 1. The van der Waals surface area contributed by atoms with Crippen molar-refractivity contribution in [2.45, 2.75) is 17.9 Å². The van der Waals surface area contributed by atoms with Gasteiger partial charge in [0, 0.05) is 18.3 Å². The fourth-order valence-electron chi connectivity index (χ4n) is 2.36. The van der Waals surface area contributed by atoms with Crippen molar-refractivity contribution >= 4 is 25.5 Å². The quantitative estimate of drug-likeness (QED) is 0.785. The summed E-state index contributed by atoms with van der Waals surface area (Å²) in [6.07, 6.45) is 0. The van der Waals surface area contributed by atoms with Gasteiger partial charge in [-0.05, 0) is 25.1 Å². The van der Waals surface area contributed by atoms with E-state index in [1.54, 1.807) is 13.0 Å². The highest BCUT2D eigenvalue weighted by Crippen LogP contribution is 2.30. The number of sulfonamides is 1. The number of nitrogens with two attached hydrogens (primary N) is 1. The molecule has 0 bridgehead atoms. The van der Waals surface area contributed by atoms with E-state index in [9.17, 15) is 16.8 Å². The molecule has 1 unspecified atom stereocenters. The van der Waals surface area contributed by atoms with E-state index in [4.69, 9.17) is 10.5 Å². The first-order valence-electron chi connectivity index (χ1n) is 6.33. The van der Waals surface area contributed by atoms with E-state index < -0.39 is 25.9 Å². The predicted octanol–water partition coefficient (Wildman–Crippen LogP) is 0.0850. The van der Waals surface area contributed by atoms with Crippen LogP contribution in [0.5, 0.6) is 5.75 Å². The first-order chi connectivity index (χ1) is 9.67. The Hall–Kier alpha value is -1.32. The molecular formula is C12H18N2O5S2. The summed E-state index contributed by atoms with van der Waals surface area (Å²) in [5.41, 5.74) is 5.95. The molecule has 1 saturated heterocycles. The summed E-state index contributed by atoms with van der Waals surface area (Å²) in [4.78, 5) is -0.0452. The summed E-state index contributed by atoms with van der Waals surface area (Å²) in [6.45, 7) is 1.51. The smallest absolute Gasteiger partial charge is 0.247 e. The molecule has 0 saturated carbocycles. The zero-order valence-electron chi connectivity index (χ0n) is 11.8. The van der Waals surface area contributed by atoms with Crippen LogP contribution in [-0.2, 0) is 19.9 Å². The fraction of sp³-hybridized carbons (Fsp3) is 0.500. The molecule has 9 heteroatoms. The van der Waals surface area contributed by atoms with Gasteiger partial charge in [0.2, 0.25) is 10.0 Å². The molecule has 2 rings (SSSR count). The zero-order valence-corrected chi connectivity index (χ0v) is 13.4. The lowest BCUT2D eigenvalue weighted by atomic mass is 10.3. The van der Waals surface area contributed by atoms with Crippen LogP contribution in [0.2, 0.25) is 0 Å². The van der Waals surface area contributed by atoms with Gasteiger partial charge in [-0.25, -0.2) is 16.8 Å². The van der Waals surface area contributed by atoms with Crippen LogP contribution < -0.4 is 10.5 Å². The van der Waals surface area contributed by atoms with Crippen molar-refractivity contribution in [3.05, 3.63) is 18.2 Å². The van der Waals surface area contributed by atoms with E-state index in [1.807, 2.05) is 0 Å². The lowest BCUT2D eigenvalue weighted by Gasteiger charge is -2.32. The summed E-state index contributed by atoms with van der Waals surface area (Å²) >= 11 is 0.